The van der Waals surface area contributed by atoms with Crippen LogP contribution in [0.2, 0.25) is 0 Å². The van der Waals surface area contributed by atoms with E-state index in [9.17, 15) is 0 Å². The fourth-order valence-corrected chi connectivity index (χ4v) is 3.81. The van der Waals surface area contributed by atoms with Gasteiger partial charge in [-0.3, -0.25) is 0 Å². The zero-order valence-corrected chi connectivity index (χ0v) is 13.1. The number of nitrogens with zero attached hydrogens (tertiary/aromatic N) is 1. The highest BCUT2D eigenvalue weighted by atomic mass is 79.9. The molecule has 0 aromatic heterocycles. The quantitative estimate of drug-likeness (QED) is 0.922. The molecule has 2 N–H and O–H groups in total. The van der Waals surface area contributed by atoms with Gasteiger partial charge in [-0.2, -0.15) is 0 Å². The number of rotatable bonds is 3. The zero-order chi connectivity index (χ0) is 13.3. The van der Waals surface area contributed by atoms with Crippen LogP contribution >= 0.6 is 15.9 Å². The molecule has 2 nitrogen and oxygen atoms in total. The van der Waals surface area contributed by atoms with E-state index in [1.165, 1.54) is 22.1 Å². The normalized spacial score (nSPS) is 22.5. The van der Waals surface area contributed by atoms with E-state index in [0.29, 0.717) is 5.92 Å². The van der Waals surface area contributed by atoms with E-state index in [2.05, 4.69) is 59.8 Å². The standard InChI is InChI=1S/C15H23BrN2/c1-11-4-5-14(13(16)10-11)18-9-7-12(6-8-17)15(18,2)3/h4-5,10,12H,6-9,17H2,1-3H3. The van der Waals surface area contributed by atoms with E-state index in [4.69, 9.17) is 5.73 Å². The van der Waals surface area contributed by atoms with Gasteiger partial charge in [0.15, 0.2) is 0 Å². The van der Waals surface area contributed by atoms with E-state index in [-0.39, 0.29) is 5.54 Å². The predicted molar refractivity (Wildman–Crippen MR) is 82.1 cm³/mol. The van der Waals surface area contributed by atoms with Crippen LogP contribution in [0.3, 0.4) is 0 Å². The molecule has 1 aliphatic rings. The van der Waals surface area contributed by atoms with Crippen LogP contribution in [0.4, 0.5) is 5.69 Å². The van der Waals surface area contributed by atoms with Gasteiger partial charge in [0, 0.05) is 16.6 Å². The summed E-state index contributed by atoms with van der Waals surface area (Å²) in [6, 6.07) is 6.61. The maximum atomic E-state index is 5.74. The molecule has 1 aliphatic heterocycles. The molecule has 3 heteroatoms. The summed E-state index contributed by atoms with van der Waals surface area (Å²) in [4.78, 5) is 2.52. The molecule has 100 valence electrons. The van der Waals surface area contributed by atoms with Crippen LogP contribution in [-0.2, 0) is 0 Å². The molecule has 1 unspecified atom stereocenters. The van der Waals surface area contributed by atoms with E-state index in [1.807, 2.05) is 0 Å². The second kappa shape index (κ2) is 5.22. The number of hydrogen-bond donors (Lipinski definition) is 1. The predicted octanol–water partition coefficient (Wildman–Crippen LogP) is 3.71. The minimum Gasteiger partial charge on any atom is -0.365 e. The van der Waals surface area contributed by atoms with Gasteiger partial charge in [-0.25, -0.2) is 0 Å². The van der Waals surface area contributed by atoms with E-state index in [0.717, 1.165) is 19.5 Å². The molecule has 1 aromatic rings. The Morgan fingerprint density at radius 1 is 1.44 bits per heavy atom. The highest BCUT2D eigenvalue weighted by Gasteiger charge is 2.41. The summed E-state index contributed by atoms with van der Waals surface area (Å²) in [5.74, 6) is 0.690. The molecule has 1 heterocycles. The van der Waals surface area contributed by atoms with Gasteiger partial charge in [0.05, 0.1) is 5.69 Å². The largest absolute Gasteiger partial charge is 0.365 e. The Bertz CT molecular complexity index is 429. The Labute approximate surface area is 119 Å². The lowest BCUT2D eigenvalue weighted by Gasteiger charge is -2.38. The number of benzene rings is 1. The van der Waals surface area contributed by atoms with Crippen molar-refractivity contribution in [2.75, 3.05) is 18.0 Å². The molecule has 0 aliphatic carbocycles. The third kappa shape index (κ3) is 2.43. The molecule has 1 atom stereocenters. The lowest BCUT2D eigenvalue weighted by atomic mass is 9.85. The monoisotopic (exact) mass is 310 g/mol. The molecule has 0 bridgehead atoms. The lowest BCUT2D eigenvalue weighted by molar-refractivity contribution is 0.348. The highest BCUT2D eigenvalue weighted by molar-refractivity contribution is 9.10. The summed E-state index contributed by atoms with van der Waals surface area (Å²) in [6.45, 7) is 8.72. The average molecular weight is 311 g/mol. The van der Waals surface area contributed by atoms with Crippen LogP contribution in [-0.4, -0.2) is 18.6 Å². The molecule has 1 fully saturated rings. The average Bonchev–Trinajstić information content (AvgIpc) is 2.56. The summed E-state index contributed by atoms with van der Waals surface area (Å²) < 4.78 is 1.20. The molecule has 18 heavy (non-hydrogen) atoms. The van der Waals surface area contributed by atoms with Crippen LogP contribution < -0.4 is 10.6 Å². The molecule has 1 aromatic carbocycles. The molecule has 2 rings (SSSR count). The van der Waals surface area contributed by atoms with Gasteiger partial charge < -0.3 is 10.6 Å². The van der Waals surface area contributed by atoms with Crippen LogP contribution in [0.25, 0.3) is 0 Å². The Balaban J connectivity index is 2.29. The van der Waals surface area contributed by atoms with Gasteiger partial charge in [0.1, 0.15) is 0 Å². The first-order valence-electron chi connectivity index (χ1n) is 6.70. The number of halogens is 1. The maximum Gasteiger partial charge on any atom is 0.0515 e. The summed E-state index contributed by atoms with van der Waals surface area (Å²) >= 11 is 3.70. The Morgan fingerprint density at radius 2 is 2.17 bits per heavy atom. The Kier molecular flexibility index (Phi) is 4.02. The minimum atomic E-state index is 0.192. The second-order valence-corrected chi connectivity index (χ2v) is 6.68. The highest BCUT2D eigenvalue weighted by Crippen LogP contribution is 2.42. The SMILES string of the molecule is Cc1ccc(N2CCC(CCN)C2(C)C)c(Br)c1. The first-order valence-corrected chi connectivity index (χ1v) is 7.50. The molecular formula is C15H23BrN2. The first-order chi connectivity index (χ1) is 8.46. The van der Waals surface area contributed by atoms with Crippen molar-refractivity contribution >= 4 is 21.6 Å². The third-order valence-electron chi connectivity index (χ3n) is 4.31. The lowest BCUT2D eigenvalue weighted by Crippen LogP contribution is -2.43. The van der Waals surface area contributed by atoms with Crippen molar-refractivity contribution in [2.45, 2.75) is 39.2 Å². The van der Waals surface area contributed by atoms with Crippen molar-refractivity contribution in [2.24, 2.45) is 11.7 Å². The van der Waals surface area contributed by atoms with Crippen molar-refractivity contribution in [1.29, 1.82) is 0 Å². The van der Waals surface area contributed by atoms with E-state index in [1.54, 1.807) is 0 Å². The van der Waals surface area contributed by atoms with Crippen LogP contribution in [0, 0.1) is 12.8 Å². The number of anilines is 1. The van der Waals surface area contributed by atoms with Gasteiger partial charge in [0.2, 0.25) is 0 Å². The number of aryl methyl sites for hydroxylation is 1. The van der Waals surface area contributed by atoms with Gasteiger partial charge in [-0.15, -0.1) is 0 Å². The van der Waals surface area contributed by atoms with Crippen LogP contribution in [0.1, 0.15) is 32.3 Å². The van der Waals surface area contributed by atoms with Crippen LogP contribution in [0.15, 0.2) is 22.7 Å². The van der Waals surface area contributed by atoms with Crippen molar-refractivity contribution < 1.29 is 0 Å². The summed E-state index contributed by atoms with van der Waals surface area (Å²) in [5.41, 5.74) is 8.53. The van der Waals surface area contributed by atoms with Crippen LogP contribution in [0.5, 0.6) is 0 Å². The second-order valence-electron chi connectivity index (χ2n) is 5.82. The Hall–Kier alpha value is -0.540. The van der Waals surface area contributed by atoms with Crippen molar-refractivity contribution in [1.82, 2.24) is 0 Å². The fourth-order valence-electron chi connectivity index (χ4n) is 3.11. The smallest absolute Gasteiger partial charge is 0.0515 e. The van der Waals surface area contributed by atoms with Gasteiger partial charge >= 0.3 is 0 Å². The molecule has 0 amide bonds. The minimum absolute atomic E-state index is 0.192. The van der Waals surface area contributed by atoms with Gasteiger partial charge in [0.25, 0.3) is 0 Å². The molecule has 1 saturated heterocycles. The van der Waals surface area contributed by atoms with E-state index >= 15 is 0 Å². The molecule has 0 radical (unpaired) electrons. The number of hydrogen-bond acceptors (Lipinski definition) is 2. The third-order valence-corrected chi connectivity index (χ3v) is 4.94. The van der Waals surface area contributed by atoms with E-state index < -0.39 is 0 Å². The fraction of sp³-hybridized carbons (Fsp3) is 0.600. The molecular weight excluding hydrogens is 288 g/mol. The molecule has 0 saturated carbocycles. The Morgan fingerprint density at radius 3 is 2.78 bits per heavy atom. The molecule has 0 spiro atoms. The van der Waals surface area contributed by atoms with Crippen molar-refractivity contribution in [3.63, 3.8) is 0 Å². The topological polar surface area (TPSA) is 29.3 Å². The number of nitrogens with two attached hydrogens (primary N) is 1. The zero-order valence-electron chi connectivity index (χ0n) is 11.5. The van der Waals surface area contributed by atoms with Crippen molar-refractivity contribution in [3.8, 4) is 0 Å². The van der Waals surface area contributed by atoms with Gasteiger partial charge in [-0.05, 0) is 79.7 Å². The van der Waals surface area contributed by atoms with Gasteiger partial charge in [-0.1, -0.05) is 6.07 Å². The summed E-state index contributed by atoms with van der Waals surface area (Å²) in [5, 5.41) is 0. The first kappa shape index (κ1) is 13.9. The summed E-state index contributed by atoms with van der Waals surface area (Å²) in [7, 11) is 0. The summed E-state index contributed by atoms with van der Waals surface area (Å²) in [6.07, 6.45) is 2.36. The maximum absolute atomic E-state index is 5.74. The van der Waals surface area contributed by atoms with Crippen molar-refractivity contribution in [3.05, 3.63) is 28.2 Å².